The molecule has 0 unspecified atom stereocenters. The Morgan fingerprint density at radius 3 is 2.59 bits per heavy atom. The third kappa shape index (κ3) is 4.36. The molecular weight excluding hydrogens is 223 g/mol. The molecule has 1 rings (SSSR count). The fraction of sp³-hybridized carbons (Fsp3) is 0.308. The highest BCUT2D eigenvalue weighted by molar-refractivity contribution is 5.70. The molecule has 92 valence electrons. The molecule has 1 N–H and O–H groups in total. The molecule has 1 aromatic carbocycles. The second kappa shape index (κ2) is 6.15. The number of hydrogen-bond acceptors (Lipinski definition) is 3. The molecule has 0 aliphatic rings. The van der Waals surface area contributed by atoms with Gasteiger partial charge in [-0.2, -0.15) is 0 Å². The normalized spacial score (nSPS) is 13.3. The van der Waals surface area contributed by atoms with Crippen LogP contribution in [-0.4, -0.2) is 24.3 Å². The van der Waals surface area contributed by atoms with E-state index >= 15 is 0 Å². The molecule has 0 saturated carbocycles. The topological polar surface area (TPSA) is 46.5 Å². The molecule has 1 atom stereocenters. The van der Waals surface area contributed by atoms with E-state index in [1.165, 1.54) is 19.2 Å². The van der Waals surface area contributed by atoms with Crippen molar-refractivity contribution < 1.29 is 19.0 Å². The van der Waals surface area contributed by atoms with E-state index in [1.807, 2.05) is 0 Å². The summed E-state index contributed by atoms with van der Waals surface area (Å²) in [5.41, 5.74) is 1.40. The minimum absolute atomic E-state index is 0.0833. The molecule has 3 nitrogen and oxygen atoms in total. The fourth-order valence-corrected chi connectivity index (χ4v) is 1.32. The van der Waals surface area contributed by atoms with E-state index in [1.54, 1.807) is 25.1 Å². The number of benzene rings is 1. The number of aliphatic hydroxyl groups excluding tert-OH is 1. The Labute approximate surface area is 99.5 Å². The first-order valence-electron chi connectivity index (χ1n) is 5.21. The Morgan fingerprint density at radius 1 is 1.47 bits per heavy atom. The zero-order chi connectivity index (χ0) is 12.8. The quantitative estimate of drug-likeness (QED) is 0.817. The summed E-state index contributed by atoms with van der Waals surface area (Å²) in [6.45, 7) is 1.71. The van der Waals surface area contributed by atoms with Gasteiger partial charge in [-0.15, -0.1) is 0 Å². The van der Waals surface area contributed by atoms with Gasteiger partial charge in [0.2, 0.25) is 0 Å². The standard InChI is InChI=1S/C13H15FO3/c1-9(12(15)8-13(16)17-2)7-10-3-5-11(14)6-4-10/h3-7,12,15H,8H2,1-2H3/b9-7+/t12-/m0/s1. The van der Waals surface area contributed by atoms with Crippen LogP contribution in [0, 0.1) is 5.82 Å². The van der Waals surface area contributed by atoms with Gasteiger partial charge in [-0.3, -0.25) is 4.79 Å². The lowest BCUT2D eigenvalue weighted by atomic mass is 10.1. The fourth-order valence-electron chi connectivity index (χ4n) is 1.32. The second-order valence-electron chi connectivity index (χ2n) is 3.74. The van der Waals surface area contributed by atoms with Crippen molar-refractivity contribution in [2.45, 2.75) is 19.4 Å². The summed E-state index contributed by atoms with van der Waals surface area (Å²) in [5.74, 6) is -0.778. The van der Waals surface area contributed by atoms with Crippen molar-refractivity contribution in [2.75, 3.05) is 7.11 Å². The Morgan fingerprint density at radius 2 is 2.06 bits per heavy atom. The first-order chi connectivity index (χ1) is 8.02. The first-order valence-corrected chi connectivity index (χ1v) is 5.21. The van der Waals surface area contributed by atoms with E-state index < -0.39 is 12.1 Å². The van der Waals surface area contributed by atoms with Crippen LogP contribution in [0.5, 0.6) is 0 Å². The average molecular weight is 238 g/mol. The molecule has 0 saturated heterocycles. The summed E-state index contributed by atoms with van der Waals surface area (Å²) >= 11 is 0. The van der Waals surface area contributed by atoms with Gasteiger partial charge in [0.15, 0.2) is 0 Å². The van der Waals surface area contributed by atoms with E-state index in [9.17, 15) is 14.3 Å². The number of rotatable bonds is 4. The molecule has 0 bridgehead atoms. The summed E-state index contributed by atoms with van der Waals surface area (Å²) in [5, 5.41) is 9.69. The van der Waals surface area contributed by atoms with Gasteiger partial charge in [0, 0.05) is 0 Å². The number of halogens is 1. The van der Waals surface area contributed by atoms with Crippen LogP contribution < -0.4 is 0 Å². The molecule has 0 spiro atoms. The molecule has 0 radical (unpaired) electrons. The average Bonchev–Trinajstić information content (AvgIpc) is 2.31. The molecule has 0 aliphatic carbocycles. The van der Waals surface area contributed by atoms with Crippen LogP contribution in [0.1, 0.15) is 18.9 Å². The van der Waals surface area contributed by atoms with Crippen LogP contribution in [0.2, 0.25) is 0 Å². The van der Waals surface area contributed by atoms with Crippen LogP contribution >= 0.6 is 0 Å². The summed E-state index contributed by atoms with van der Waals surface area (Å²) in [4.78, 5) is 11.0. The van der Waals surface area contributed by atoms with Gasteiger partial charge in [-0.1, -0.05) is 18.2 Å². The van der Waals surface area contributed by atoms with Gasteiger partial charge in [0.1, 0.15) is 5.82 Å². The Kier molecular flexibility index (Phi) is 4.84. The van der Waals surface area contributed by atoms with E-state index in [0.29, 0.717) is 5.57 Å². The molecule has 0 aliphatic heterocycles. The second-order valence-corrected chi connectivity index (χ2v) is 3.74. The van der Waals surface area contributed by atoms with Crippen LogP contribution in [0.25, 0.3) is 6.08 Å². The largest absolute Gasteiger partial charge is 0.469 e. The maximum atomic E-state index is 12.7. The monoisotopic (exact) mass is 238 g/mol. The predicted octanol–water partition coefficient (Wildman–Crippen LogP) is 2.15. The number of methoxy groups -OCH3 is 1. The number of hydrogen-bond donors (Lipinski definition) is 1. The van der Waals surface area contributed by atoms with Crippen molar-refractivity contribution in [1.82, 2.24) is 0 Å². The molecule has 0 amide bonds. The highest BCUT2D eigenvalue weighted by atomic mass is 19.1. The molecule has 1 aromatic rings. The van der Waals surface area contributed by atoms with Crippen LogP contribution in [0.4, 0.5) is 4.39 Å². The van der Waals surface area contributed by atoms with Crippen molar-refractivity contribution in [3.8, 4) is 0 Å². The van der Waals surface area contributed by atoms with Gasteiger partial charge in [0.05, 0.1) is 19.6 Å². The van der Waals surface area contributed by atoms with Crippen molar-refractivity contribution in [2.24, 2.45) is 0 Å². The van der Waals surface area contributed by atoms with Gasteiger partial charge in [-0.05, 0) is 30.2 Å². The van der Waals surface area contributed by atoms with E-state index in [4.69, 9.17) is 0 Å². The van der Waals surface area contributed by atoms with Gasteiger partial charge >= 0.3 is 5.97 Å². The maximum absolute atomic E-state index is 12.7. The lowest BCUT2D eigenvalue weighted by molar-refractivity contribution is -0.142. The van der Waals surface area contributed by atoms with Crippen LogP contribution in [0.3, 0.4) is 0 Å². The maximum Gasteiger partial charge on any atom is 0.308 e. The van der Waals surface area contributed by atoms with Gasteiger partial charge in [-0.25, -0.2) is 4.39 Å². The number of ether oxygens (including phenoxy) is 1. The third-order valence-electron chi connectivity index (χ3n) is 2.38. The minimum atomic E-state index is -0.882. The molecule has 0 aromatic heterocycles. The number of aliphatic hydroxyl groups is 1. The van der Waals surface area contributed by atoms with Gasteiger partial charge in [0.25, 0.3) is 0 Å². The minimum Gasteiger partial charge on any atom is -0.469 e. The highest BCUT2D eigenvalue weighted by Gasteiger charge is 2.12. The molecule has 4 heteroatoms. The van der Waals surface area contributed by atoms with E-state index in [-0.39, 0.29) is 12.2 Å². The first kappa shape index (κ1) is 13.4. The van der Waals surface area contributed by atoms with Gasteiger partial charge < -0.3 is 9.84 Å². The lowest BCUT2D eigenvalue weighted by Crippen LogP contribution is -2.15. The van der Waals surface area contributed by atoms with Crippen LogP contribution in [0.15, 0.2) is 29.8 Å². The Hall–Kier alpha value is -1.68. The van der Waals surface area contributed by atoms with E-state index in [2.05, 4.69) is 4.74 Å². The number of carbonyl (C=O) groups is 1. The summed E-state index contributed by atoms with van der Waals surface area (Å²) in [7, 11) is 1.27. The Bertz CT molecular complexity index is 409. The predicted molar refractivity (Wildman–Crippen MR) is 62.7 cm³/mol. The zero-order valence-corrected chi connectivity index (χ0v) is 9.81. The van der Waals surface area contributed by atoms with Crippen molar-refractivity contribution >= 4 is 12.0 Å². The molecule has 17 heavy (non-hydrogen) atoms. The van der Waals surface area contributed by atoms with Crippen molar-refractivity contribution in [3.63, 3.8) is 0 Å². The van der Waals surface area contributed by atoms with Crippen LogP contribution in [-0.2, 0) is 9.53 Å². The lowest BCUT2D eigenvalue weighted by Gasteiger charge is -2.09. The zero-order valence-electron chi connectivity index (χ0n) is 9.81. The molecule has 0 fully saturated rings. The van der Waals surface area contributed by atoms with Crippen molar-refractivity contribution in [3.05, 3.63) is 41.2 Å². The number of carbonyl (C=O) groups excluding carboxylic acids is 1. The molecule has 0 heterocycles. The van der Waals surface area contributed by atoms with E-state index in [0.717, 1.165) is 5.56 Å². The third-order valence-corrected chi connectivity index (χ3v) is 2.38. The summed E-state index contributed by atoms with van der Waals surface area (Å²) < 4.78 is 17.1. The highest BCUT2D eigenvalue weighted by Crippen LogP contribution is 2.13. The van der Waals surface area contributed by atoms with Crippen molar-refractivity contribution in [1.29, 1.82) is 0 Å². The number of esters is 1. The molecular formula is C13H15FO3. The smallest absolute Gasteiger partial charge is 0.308 e. The SMILES string of the molecule is COC(=O)C[C@H](O)/C(C)=C/c1ccc(F)cc1. The Balaban J connectivity index is 2.71. The summed E-state index contributed by atoms with van der Waals surface area (Å²) in [6.07, 6.45) is 0.736. The summed E-state index contributed by atoms with van der Waals surface area (Å²) in [6, 6.07) is 5.88.